The van der Waals surface area contributed by atoms with Crippen LogP contribution in [0.25, 0.3) is 0 Å². The molecular formula is C18H23N5O2. The number of anilines is 2. The summed E-state index contributed by atoms with van der Waals surface area (Å²) in [7, 11) is 1.98. The Bertz CT molecular complexity index is 702. The molecule has 0 aliphatic carbocycles. The van der Waals surface area contributed by atoms with Crippen molar-refractivity contribution in [2.75, 3.05) is 36.5 Å². The molecule has 0 spiro atoms. The van der Waals surface area contributed by atoms with Crippen molar-refractivity contribution in [3.63, 3.8) is 0 Å². The molecule has 1 aliphatic rings. The Balaban J connectivity index is 1.60. The molecule has 0 amide bonds. The van der Waals surface area contributed by atoms with Crippen LogP contribution in [-0.2, 0) is 11.2 Å². The number of aromatic nitrogens is 3. The van der Waals surface area contributed by atoms with Crippen molar-refractivity contribution < 1.29 is 9.90 Å². The van der Waals surface area contributed by atoms with E-state index >= 15 is 0 Å². The van der Waals surface area contributed by atoms with Crippen LogP contribution in [0.1, 0.15) is 18.4 Å². The molecule has 0 atom stereocenters. The van der Waals surface area contributed by atoms with Crippen LogP contribution in [0.5, 0.6) is 0 Å². The number of hydrogen-bond acceptors (Lipinski definition) is 6. The molecule has 3 rings (SSSR count). The zero-order valence-electron chi connectivity index (χ0n) is 14.4. The molecule has 1 saturated heterocycles. The van der Waals surface area contributed by atoms with E-state index in [2.05, 4.69) is 19.9 Å². The molecule has 1 N–H and O–H groups in total. The Kier molecular flexibility index (Phi) is 5.42. The van der Waals surface area contributed by atoms with Crippen LogP contribution in [0.3, 0.4) is 0 Å². The maximum atomic E-state index is 11.1. The van der Waals surface area contributed by atoms with Gasteiger partial charge in [0.15, 0.2) is 0 Å². The van der Waals surface area contributed by atoms with Gasteiger partial charge < -0.3 is 14.9 Å². The fourth-order valence-corrected chi connectivity index (χ4v) is 3.00. The standard InChI is InChI=1S/C18H23N5O2/c1-22(11-5-14-2-8-19-9-3-14)18-20-10-4-16(21-18)23-12-6-15(7-13-23)17(24)25/h2-4,8-10,15H,5-7,11-13H2,1H3,(H,24,25). The van der Waals surface area contributed by atoms with Gasteiger partial charge in [-0.1, -0.05) is 0 Å². The molecule has 2 aromatic rings. The summed E-state index contributed by atoms with van der Waals surface area (Å²) in [4.78, 5) is 28.3. The van der Waals surface area contributed by atoms with Crippen molar-refractivity contribution in [3.8, 4) is 0 Å². The van der Waals surface area contributed by atoms with Gasteiger partial charge in [-0.3, -0.25) is 9.78 Å². The highest BCUT2D eigenvalue weighted by Crippen LogP contribution is 2.23. The van der Waals surface area contributed by atoms with Crippen molar-refractivity contribution in [1.29, 1.82) is 0 Å². The van der Waals surface area contributed by atoms with Crippen LogP contribution < -0.4 is 9.80 Å². The second kappa shape index (κ2) is 7.92. The normalized spacial score (nSPS) is 15.2. The van der Waals surface area contributed by atoms with Crippen LogP contribution in [0.2, 0.25) is 0 Å². The lowest BCUT2D eigenvalue weighted by molar-refractivity contribution is -0.142. The van der Waals surface area contributed by atoms with E-state index < -0.39 is 5.97 Å². The van der Waals surface area contributed by atoms with E-state index in [1.807, 2.05) is 30.1 Å². The average Bonchev–Trinajstić information content (AvgIpc) is 2.67. The number of carboxylic acids is 1. The lowest BCUT2D eigenvalue weighted by atomic mass is 9.97. The fourth-order valence-electron chi connectivity index (χ4n) is 3.00. The van der Waals surface area contributed by atoms with Crippen LogP contribution in [0.4, 0.5) is 11.8 Å². The van der Waals surface area contributed by atoms with Gasteiger partial charge >= 0.3 is 5.97 Å². The summed E-state index contributed by atoms with van der Waals surface area (Å²) in [5, 5.41) is 9.11. The van der Waals surface area contributed by atoms with Gasteiger partial charge in [0.2, 0.25) is 5.95 Å². The molecular weight excluding hydrogens is 318 g/mol. The number of hydrogen-bond donors (Lipinski definition) is 1. The summed E-state index contributed by atoms with van der Waals surface area (Å²) in [5.41, 5.74) is 1.23. The summed E-state index contributed by atoms with van der Waals surface area (Å²) >= 11 is 0. The number of piperidine rings is 1. The lowest BCUT2D eigenvalue weighted by Gasteiger charge is -2.31. The van der Waals surface area contributed by atoms with E-state index in [0.29, 0.717) is 31.9 Å². The van der Waals surface area contributed by atoms with Crippen LogP contribution in [0.15, 0.2) is 36.8 Å². The molecule has 1 aliphatic heterocycles. The molecule has 0 saturated carbocycles. The monoisotopic (exact) mass is 341 g/mol. The van der Waals surface area contributed by atoms with E-state index in [4.69, 9.17) is 5.11 Å². The van der Waals surface area contributed by atoms with Crippen molar-refractivity contribution >= 4 is 17.7 Å². The molecule has 0 radical (unpaired) electrons. The topological polar surface area (TPSA) is 82.5 Å². The average molecular weight is 341 g/mol. The number of aliphatic carboxylic acids is 1. The van der Waals surface area contributed by atoms with E-state index in [1.54, 1.807) is 18.6 Å². The van der Waals surface area contributed by atoms with Gasteiger partial charge in [0.1, 0.15) is 5.82 Å². The molecule has 0 bridgehead atoms. The minimum Gasteiger partial charge on any atom is -0.481 e. The zero-order chi connectivity index (χ0) is 17.6. The molecule has 7 heteroatoms. The van der Waals surface area contributed by atoms with Crippen LogP contribution in [0, 0.1) is 5.92 Å². The molecule has 132 valence electrons. The summed E-state index contributed by atoms with van der Waals surface area (Å²) < 4.78 is 0. The third kappa shape index (κ3) is 4.43. The number of pyridine rings is 1. The first-order valence-electron chi connectivity index (χ1n) is 8.54. The first kappa shape index (κ1) is 17.1. The zero-order valence-corrected chi connectivity index (χ0v) is 14.4. The molecule has 0 aromatic carbocycles. The van der Waals surface area contributed by atoms with Crippen molar-refractivity contribution in [2.24, 2.45) is 5.92 Å². The summed E-state index contributed by atoms with van der Waals surface area (Å²) in [5.74, 6) is 0.621. The van der Waals surface area contributed by atoms with Crippen LogP contribution >= 0.6 is 0 Å². The molecule has 7 nitrogen and oxygen atoms in total. The third-order valence-electron chi connectivity index (χ3n) is 4.62. The third-order valence-corrected chi connectivity index (χ3v) is 4.62. The van der Waals surface area contributed by atoms with Gasteiger partial charge in [-0.05, 0) is 43.0 Å². The fraction of sp³-hybridized carbons (Fsp3) is 0.444. The first-order chi connectivity index (χ1) is 12.1. The summed E-state index contributed by atoms with van der Waals surface area (Å²) in [6, 6.07) is 5.91. The number of rotatable bonds is 6. The number of carboxylic acid groups (broad SMARTS) is 1. The highest BCUT2D eigenvalue weighted by atomic mass is 16.4. The molecule has 25 heavy (non-hydrogen) atoms. The summed E-state index contributed by atoms with van der Waals surface area (Å²) in [6.45, 7) is 2.25. The van der Waals surface area contributed by atoms with Crippen molar-refractivity contribution in [3.05, 3.63) is 42.4 Å². The Labute approximate surface area is 147 Å². The lowest BCUT2D eigenvalue weighted by Crippen LogP contribution is -2.37. The molecule has 2 aromatic heterocycles. The highest BCUT2D eigenvalue weighted by Gasteiger charge is 2.25. The molecule has 1 fully saturated rings. The van der Waals surface area contributed by atoms with Gasteiger partial charge in [-0.15, -0.1) is 0 Å². The predicted molar refractivity (Wildman–Crippen MR) is 95.8 cm³/mol. The number of nitrogens with zero attached hydrogens (tertiary/aromatic N) is 5. The summed E-state index contributed by atoms with van der Waals surface area (Å²) in [6.07, 6.45) is 7.58. The second-order valence-electron chi connectivity index (χ2n) is 6.34. The molecule has 0 unspecified atom stereocenters. The van der Waals surface area contributed by atoms with E-state index in [9.17, 15) is 4.79 Å². The maximum absolute atomic E-state index is 11.1. The quantitative estimate of drug-likeness (QED) is 0.858. The van der Waals surface area contributed by atoms with E-state index in [1.165, 1.54) is 5.56 Å². The van der Waals surface area contributed by atoms with Crippen molar-refractivity contribution in [2.45, 2.75) is 19.3 Å². The Morgan fingerprint density at radius 1 is 1.24 bits per heavy atom. The van der Waals surface area contributed by atoms with E-state index in [0.717, 1.165) is 18.8 Å². The van der Waals surface area contributed by atoms with Gasteiger partial charge in [0, 0.05) is 45.3 Å². The minimum atomic E-state index is -0.695. The SMILES string of the molecule is CN(CCc1ccncc1)c1nccc(N2CCC(C(=O)O)CC2)n1. The Morgan fingerprint density at radius 3 is 2.64 bits per heavy atom. The Morgan fingerprint density at radius 2 is 1.96 bits per heavy atom. The highest BCUT2D eigenvalue weighted by molar-refractivity contribution is 5.70. The van der Waals surface area contributed by atoms with Gasteiger partial charge in [0.25, 0.3) is 0 Å². The largest absolute Gasteiger partial charge is 0.481 e. The smallest absolute Gasteiger partial charge is 0.306 e. The second-order valence-corrected chi connectivity index (χ2v) is 6.34. The number of likely N-dealkylation sites (N-methyl/N-ethyl adjacent to an activating group) is 1. The van der Waals surface area contributed by atoms with E-state index in [-0.39, 0.29) is 5.92 Å². The van der Waals surface area contributed by atoms with Crippen molar-refractivity contribution in [1.82, 2.24) is 15.0 Å². The number of carbonyl (C=O) groups is 1. The predicted octanol–water partition coefficient (Wildman–Crippen LogP) is 1.85. The molecule has 3 heterocycles. The van der Waals surface area contributed by atoms with Crippen LogP contribution in [-0.4, -0.2) is 52.7 Å². The minimum absolute atomic E-state index is 0.236. The Hall–Kier alpha value is -2.70. The van der Waals surface area contributed by atoms with Gasteiger partial charge in [-0.2, -0.15) is 4.98 Å². The first-order valence-corrected chi connectivity index (χ1v) is 8.54. The van der Waals surface area contributed by atoms with Gasteiger partial charge in [-0.25, -0.2) is 4.98 Å². The maximum Gasteiger partial charge on any atom is 0.306 e. The van der Waals surface area contributed by atoms with Gasteiger partial charge in [0.05, 0.1) is 5.92 Å².